The van der Waals surface area contributed by atoms with Crippen molar-refractivity contribution in [1.82, 2.24) is 0 Å². The van der Waals surface area contributed by atoms with Gasteiger partial charge in [-0.1, -0.05) is 90.9 Å². The van der Waals surface area contributed by atoms with Crippen LogP contribution < -0.4 is 0 Å². The van der Waals surface area contributed by atoms with E-state index in [1.54, 1.807) is 0 Å². The quantitative estimate of drug-likeness (QED) is 0.308. The molecular weight excluding hydrogens is 444 g/mol. The Morgan fingerprint density at radius 2 is 0.793 bits per heavy atom. The summed E-state index contributed by atoms with van der Waals surface area (Å²) in [4.78, 5) is 24.2. The molecule has 0 N–H and O–H groups in total. The van der Waals surface area contributed by atoms with Gasteiger partial charge in [0.05, 0.1) is 6.42 Å². The molecule has 4 aliphatic carbocycles. The summed E-state index contributed by atoms with van der Waals surface area (Å²) in [5.74, 6) is 1.79. The maximum absolute atomic E-state index is 12.1. The molecule has 0 aliphatic heterocycles. The molecule has 0 bridgehead atoms. The molecule has 4 fully saturated rings. The summed E-state index contributed by atoms with van der Waals surface area (Å²) in [6, 6.07) is 0. The molecule has 0 spiro atoms. The Balaban J connectivity index is 0.000000537. The monoisotopic (exact) mass is 488 g/mol. The van der Waals surface area contributed by atoms with Gasteiger partial charge < -0.3 is 0 Å². The van der Waals surface area contributed by atoms with Crippen LogP contribution in [0.5, 0.6) is 0 Å². The number of carbonyl (C=O) groups excluding carboxylic acids is 2. The normalized spacial score (nSPS) is 30.1. The SMILES string of the molecule is C1CCCC1.C1CCCC1.CC1CCCC1C(=O)CC(=O)C1CCCC1C.[Fe].[Fe]. The summed E-state index contributed by atoms with van der Waals surface area (Å²) >= 11 is 0. The molecule has 0 amide bonds. The third-order valence-electron chi connectivity index (χ3n) is 7.40. The van der Waals surface area contributed by atoms with E-state index in [2.05, 4.69) is 13.8 Å². The second kappa shape index (κ2) is 17.0. The van der Waals surface area contributed by atoms with Crippen LogP contribution in [0.25, 0.3) is 0 Å². The molecule has 2 nitrogen and oxygen atoms in total. The third-order valence-corrected chi connectivity index (χ3v) is 7.40. The molecule has 4 atom stereocenters. The van der Waals surface area contributed by atoms with Crippen molar-refractivity contribution in [3.05, 3.63) is 0 Å². The van der Waals surface area contributed by atoms with Gasteiger partial charge in [-0.2, -0.15) is 0 Å². The van der Waals surface area contributed by atoms with Crippen molar-refractivity contribution in [2.45, 2.75) is 123 Å². The van der Waals surface area contributed by atoms with Crippen molar-refractivity contribution < 1.29 is 43.7 Å². The van der Waals surface area contributed by atoms with Crippen molar-refractivity contribution in [3.63, 3.8) is 0 Å². The molecule has 0 radical (unpaired) electrons. The molecule has 0 aromatic carbocycles. The topological polar surface area (TPSA) is 34.1 Å². The Bertz CT molecular complexity index is 389. The van der Waals surface area contributed by atoms with Gasteiger partial charge in [0, 0.05) is 46.0 Å². The van der Waals surface area contributed by atoms with Crippen LogP contribution in [0.1, 0.15) is 123 Å². The molecule has 4 heteroatoms. The van der Waals surface area contributed by atoms with Gasteiger partial charge in [0.25, 0.3) is 0 Å². The second-order valence-electron chi connectivity index (χ2n) is 9.67. The first-order valence-corrected chi connectivity index (χ1v) is 12.1. The number of hydrogen-bond donors (Lipinski definition) is 0. The summed E-state index contributed by atoms with van der Waals surface area (Å²) < 4.78 is 0. The van der Waals surface area contributed by atoms with Gasteiger partial charge in [0.2, 0.25) is 0 Å². The minimum atomic E-state index is 0. The molecule has 0 saturated heterocycles. The van der Waals surface area contributed by atoms with E-state index in [1.165, 1.54) is 64.2 Å². The van der Waals surface area contributed by atoms with E-state index >= 15 is 0 Å². The summed E-state index contributed by atoms with van der Waals surface area (Å²) in [5.41, 5.74) is 0. The van der Waals surface area contributed by atoms with E-state index in [-0.39, 0.29) is 64.0 Å². The van der Waals surface area contributed by atoms with Crippen molar-refractivity contribution >= 4 is 11.6 Å². The zero-order chi connectivity index (χ0) is 19.5. The van der Waals surface area contributed by atoms with Crippen LogP contribution >= 0.6 is 0 Å². The maximum Gasteiger partial charge on any atom is 0.143 e. The van der Waals surface area contributed by atoms with E-state index in [9.17, 15) is 9.59 Å². The number of Topliss-reactive ketones (excluding diaryl/α,β-unsaturated/α-hetero) is 2. The Kier molecular flexibility index (Phi) is 17.2. The molecule has 0 aromatic heterocycles. The molecule has 0 heterocycles. The number of hydrogen-bond acceptors (Lipinski definition) is 2. The van der Waals surface area contributed by atoms with Gasteiger partial charge in [0.1, 0.15) is 11.6 Å². The van der Waals surface area contributed by atoms with E-state index in [1.807, 2.05) is 0 Å². The van der Waals surface area contributed by atoms with E-state index in [4.69, 9.17) is 0 Å². The fourth-order valence-electron chi connectivity index (χ4n) is 5.45. The first kappa shape index (κ1) is 29.4. The average molecular weight is 488 g/mol. The summed E-state index contributed by atoms with van der Waals surface area (Å²) in [5, 5.41) is 0. The van der Waals surface area contributed by atoms with E-state index < -0.39 is 0 Å². The molecule has 4 unspecified atom stereocenters. The maximum atomic E-state index is 12.1. The van der Waals surface area contributed by atoms with Crippen molar-refractivity contribution in [2.75, 3.05) is 0 Å². The first-order valence-electron chi connectivity index (χ1n) is 12.1. The minimum Gasteiger partial charge on any atom is -0.299 e. The van der Waals surface area contributed by atoms with Crippen molar-refractivity contribution in [2.24, 2.45) is 23.7 Å². The van der Waals surface area contributed by atoms with Gasteiger partial charge in [-0.15, -0.1) is 0 Å². The minimum absolute atomic E-state index is 0. The number of carbonyl (C=O) groups is 2. The van der Waals surface area contributed by atoms with Gasteiger partial charge in [-0.25, -0.2) is 0 Å². The first-order chi connectivity index (χ1) is 13.1. The van der Waals surface area contributed by atoms with E-state index in [0.29, 0.717) is 11.8 Å². The fraction of sp³-hybridized carbons (Fsp3) is 0.920. The summed E-state index contributed by atoms with van der Waals surface area (Å²) in [7, 11) is 0. The van der Waals surface area contributed by atoms with Crippen molar-refractivity contribution in [1.29, 1.82) is 0 Å². The standard InChI is InChI=1S/C15H24O2.2C5H10.2Fe/c1-10-5-3-7-12(10)14(16)9-15(17)13-8-4-6-11(13)2;2*1-2-4-5-3-1;;/h10-13H,3-9H2,1-2H3;2*1-5H2;;. The van der Waals surface area contributed by atoms with Crippen molar-refractivity contribution in [3.8, 4) is 0 Å². The molecule has 4 rings (SSSR count). The van der Waals surface area contributed by atoms with Crippen LogP contribution in [-0.2, 0) is 43.7 Å². The molecule has 4 aliphatic rings. The van der Waals surface area contributed by atoms with E-state index in [0.717, 1.165) is 38.5 Å². The summed E-state index contributed by atoms with van der Waals surface area (Å²) in [6.45, 7) is 4.30. The predicted octanol–water partition coefficient (Wildman–Crippen LogP) is 7.28. The van der Waals surface area contributed by atoms with Gasteiger partial charge in [0.15, 0.2) is 0 Å². The smallest absolute Gasteiger partial charge is 0.143 e. The van der Waals surface area contributed by atoms with Crippen LogP contribution in [0.2, 0.25) is 0 Å². The van der Waals surface area contributed by atoms with Gasteiger partial charge in [-0.3, -0.25) is 9.59 Å². The zero-order valence-electron chi connectivity index (χ0n) is 18.9. The Morgan fingerprint density at radius 1 is 0.517 bits per heavy atom. The Hall–Kier alpha value is 0.379. The average Bonchev–Trinajstić information content (AvgIpc) is 3.43. The number of rotatable bonds is 4. The third kappa shape index (κ3) is 11.0. The van der Waals surface area contributed by atoms with Crippen LogP contribution in [0.15, 0.2) is 0 Å². The Labute approximate surface area is 201 Å². The predicted molar refractivity (Wildman–Crippen MR) is 114 cm³/mol. The van der Waals surface area contributed by atoms with Gasteiger partial charge >= 0.3 is 0 Å². The van der Waals surface area contributed by atoms with Gasteiger partial charge in [-0.05, 0) is 37.5 Å². The van der Waals surface area contributed by atoms with Crippen LogP contribution in [0, 0.1) is 23.7 Å². The molecule has 29 heavy (non-hydrogen) atoms. The molecule has 4 saturated carbocycles. The largest absolute Gasteiger partial charge is 0.299 e. The van der Waals surface area contributed by atoms with Crippen LogP contribution in [0.3, 0.4) is 0 Å². The molecule has 172 valence electrons. The summed E-state index contributed by atoms with van der Waals surface area (Å²) in [6.07, 6.45) is 21.9. The molecule has 0 aromatic rings. The fourth-order valence-corrected chi connectivity index (χ4v) is 5.45. The van der Waals surface area contributed by atoms with Crippen LogP contribution in [0.4, 0.5) is 0 Å². The number of ketones is 2. The van der Waals surface area contributed by atoms with Crippen LogP contribution in [-0.4, -0.2) is 11.6 Å². The zero-order valence-corrected chi connectivity index (χ0v) is 21.1. The second-order valence-corrected chi connectivity index (χ2v) is 9.67. The molecular formula is C25H44Fe2O2. The Morgan fingerprint density at radius 3 is 1.00 bits per heavy atom.